The number of carboxylic acid groups (broad SMARTS) is 1. The summed E-state index contributed by atoms with van der Waals surface area (Å²) < 4.78 is 0. The van der Waals surface area contributed by atoms with Gasteiger partial charge in [0.15, 0.2) is 0 Å². The minimum absolute atomic E-state index is 0.262. The third-order valence-corrected chi connectivity index (χ3v) is 2.21. The Morgan fingerprint density at radius 2 is 2.33 bits per heavy atom. The number of carboxylic acids is 1. The lowest BCUT2D eigenvalue weighted by atomic mass is 10.3. The number of hydrogen-bond acceptors (Lipinski definition) is 3. The summed E-state index contributed by atoms with van der Waals surface area (Å²) in [6, 6.07) is 2.05. The molecule has 1 heterocycles. The summed E-state index contributed by atoms with van der Waals surface area (Å²) >= 11 is 1.24. The molecule has 0 atom stereocenters. The number of rotatable bonds is 3. The maximum absolute atomic E-state index is 10.6. The van der Waals surface area contributed by atoms with Gasteiger partial charge in [-0.05, 0) is 25.3 Å². The fourth-order valence-corrected chi connectivity index (χ4v) is 1.59. The average molecular weight is 185 g/mol. The van der Waals surface area contributed by atoms with Crippen molar-refractivity contribution in [1.29, 1.82) is 0 Å². The highest BCUT2D eigenvalue weighted by Crippen LogP contribution is 2.22. The molecule has 2 N–H and O–H groups in total. The molecule has 1 aromatic heterocycles. The Kier molecular flexibility index (Phi) is 2.70. The monoisotopic (exact) mass is 185 g/mol. The van der Waals surface area contributed by atoms with Crippen LogP contribution >= 0.6 is 11.3 Å². The predicted molar refractivity (Wildman–Crippen MR) is 50.0 cm³/mol. The highest BCUT2D eigenvalue weighted by Gasteiger charge is 2.11. The van der Waals surface area contributed by atoms with Crippen molar-refractivity contribution in [1.82, 2.24) is 0 Å². The number of aromatic carboxylic acids is 1. The van der Waals surface area contributed by atoms with Crippen LogP contribution in [0.25, 0.3) is 0 Å². The Morgan fingerprint density at radius 1 is 1.67 bits per heavy atom. The quantitative estimate of drug-likeness (QED) is 0.759. The molecule has 0 unspecified atom stereocenters. The molecule has 0 saturated heterocycles. The van der Waals surface area contributed by atoms with E-state index in [-0.39, 0.29) is 6.04 Å². The van der Waals surface area contributed by atoms with E-state index in [9.17, 15) is 4.79 Å². The first kappa shape index (κ1) is 9.06. The predicted octanol–water partition coefficient (Wildman–Crippen LogP) is 2.27. The largest absolute Gasteiger partial charge is 0.477 e. The zero-order chi connectivity index (χ0) is 9.14. The van der Waals surface area contributed by atoms with Crippen molar-refractivity contribution >= 4 is 23.0 Å². The molecule has 66 valence electrons. The van der Waals surface area contributed by atoms with Gasteiger partial charge in [-0.15, -0.1) is 11.3 Å². The van der Waals surface area contributed by atoms with Crippen molar-refractivity contribution in [2.24, 2.45) is 0 Å². The Balaban J connectivity index is 2.84. The number of anilines is 1. The van der Waals surface area contributed by atoms with Gasteiger partial charge in [0.1, 0.15) is 4.88 Å². The molecule has 0 radical (unpaired) electrons. The van der Waals surface area contributed by atoms with Gasteiger partial charge in [0.05, 0.1) is 5.69 Å². The van der Waals surface area contributed by atoms with E-state index in [2.05, 4.69) is 5.32 Å². The molecule has 0 bridgehead atoms. The summed E-state index contributed by atoms with van der Waals surface area (Å²) in [5, 5.41) is 13.6. The number of carbonyl (C=O) groups is 1. The molecule has 1 rings (SSSR count). The van der Waals surface area contributed by atoms with E-state index >= 15 is 0 Å². The SMILES string of the molecule is CC(C)Nc1ccsc1C(=O)O. The number of thiophene rings is 1. The summed E-state index contributed by atoms with van der Waals surface area (Å²) in [6.07, 6.45) is 0. The maximum Gasteiger partial charge on any atom is 0.348 e. The fraction of sp³-hybridized carbons (Fsp3) is 0.375. The molecule has 0 aliphatic rings. The molecular weight excluding hydrogens is 174 g/mol. The zero-order valence-electron chi connectivity index (χ0n) is 7.00. The highest BCUT2D eigenvalue weighted by molar-refractivity contribution is 7.12. The molecule has 3 nitrogen and oxygen atoms in total. The second-order valence-corrected chi connectivity index (χ2v) is 3.68. The van der Waals surface area contributed by atoms with E-state index in [1.54, 1.807) is 11.4 Å². The van der Waals surface area contributed by atoms with Crippen LogP contribution in [-0.2, 0) is 0 Å². The van der Waals surface area contributed by atoms with Gasteiger partial charge in [0.2, 0.25) is 0 Å². The van der Waals surface area contributed by atoms with Crippen LogP contribution in [0.4, 0.5) is 5.69 Å². The van der Waals surface area contributed by atoms with Crippen molar-refractivity contribution in [3.05, 3.63) is 16.3 Å². The second kappa shape index (κ2) is 3.58. The fourth-order valence-electron chi connectivity index (χ4n) is 0.900. The summed E-state index contributed by atoms with van der Waals surface area (Å²) in [5.74, 6) is -0.867. The Labute approximate surface area is 75.0 Å². The molecule has 4 heteroatoms. The van der Waals surface area contributed by atoms with Crippen molar-refractivity contribution < 1.29 is 9.90 Å². The minimum Gasteiger partial charge on any atom is -0.477 e. The Hall–Kier alpha value is -1.03. The van der Waals surface area contributed by atoms with E-state index in [1.807, 2.05) is 13.8 Å². The summed E-state index contributed by atoms with van der Waals surface area (Å²) in [5.41, 5.74) is 0.711. The molecule has 0 saturated carbocycles. The molecule has 0 aliphatic carbocycles. The maximum atomic E-state index is 10.6. The van der Waals surface area contributed by atoms with Gasteiger partial charge in [-0.2, -0.15) is 0 Å². The van der Waals surface area contributed by atoms with Crippen LogP contribution in [-0.4, -0.2) is 17.1 Å². The van der Waals surface area contributed by atoms with Gasteiger partial charge in [0, 0.05) is 6.04 Å². The normalized spacial score (nSPS) is 10.2. The molecule has 0 amide bonds. The molecule has 0 fully saturated rings. The van der Waals surface area contributed by atoms with Crippen LogP contribution in [0, 0.1) is 0 Å². The zero-order valence-corrected chi connectivity index (χ0v) is 7.81. The minimum atomic E-state index is -0.867. The summed E-state index contributed by atoms with van der Waals surface area (Å²) in [6.45, 7) is 3.95. The lowest BCUT2D eigenvalue weighted by Crippen LogP contribution is -2.11. The van der Waals surface area contributed by atoms with Crippen molar-refractivity contribution in [3.63, 3.8) is 0 Å². The van der Waals surface area contributed by atoms with Crippen LogP contribution in [0.3, 0.4) is 0 Å². The molecule has 12 heavy (non-hydrogen) atoms. The topological polar surface area (TPSA) is 49.3 Å². The van der Waals surface area contributed by atoms with Gasteiger partial charge < -0.3 is 10.4 Å². The lowest BCUT2D eigenvalue weighted by molar-refractivity contribution is 0.0703. The first-order valence-electron chi connectivity index (χ1n) is 3.68. The van der Waals surface area contributed by atoms with E-state index in [1.165, 1.54) is 11.3 Å². The molecule has 1 aromatic rings. The van der Waals surface area contributed by atoms with E-state index < -0.39 is 5.97 Å². The van der Waals surface area contributed by atoms with Crippen molar-refractivity contribution in [2.45, 2.75) is 19.9 Å². The second-order valence-electron chi connectivity index (χ2n) is 2.77. The highest BCUT2D eigenvalue weighted by atomic mass is 32.1. The van der Waals surface area contributed by atoms with Crippen LogP contribution in [0.5, 0.6) is 0 Å². The smallest absolute Gasteiger partial charge is 0.348 e. The van der Waals surface area contributed by atoms with Gasteiger partial charge >= 0.3 is 5.97 Å². The van der Waals surface area contributed by atoms with E-state index in [0.717, 1.165) is 0 Å². The van der Waals surface area contributed by atoms with Crippen LogP contribution < -0.4 is 5.32 Å². The van der Waals surface area contributed by atoms with Gasteiger partial charge in [0.25, 0.3) is 0 Å². The number of hydrogen-bond donors (Lipinski definition) is 2. The van der Waals surface area contributed by atoms with Gasteiger partial charge in [-0.3, -0.25) is 0 Å². The average Bonchev–Trinajstić information content (AvgIpc) is 2.33. The molecule has 0 aliphatic heterocycles. The standard InChI is InChI=1S/C8H11NO2S/c1-5(2)9-6-3-4-12-7(6)8(10)11/h3-5,9H,1-2H3,(H,10,11). The molecule has 0 aromatic carbocycles. The van der Waals surface area contributed by atoms with Gasteiger partial charge in [-0.1, -0.05) is 0 Å². The Morgan fingerprint density at radius 3 is 2.83 bits per heavy atom. The van der Waals surface area contributed by atoms with Crippen molar-refractivity contribution in [3.8, 4) is 0 Å². The van der Waals surface area contributed by atoms with Crippen LogP contribution in [0.1, 0.15) is 23.5 Å². The lowest BCUT2D eigenvalue weighted by Gasteiger charge is -2.08. The third-order valence-electron chi connectivity index (χ3n) is 1.30. The third kappa shape index (κ3) is 1.98. The van der Waals surface area contributed by atoms with Crippen LogP contribution in [0.2, 0.25) is 0 Å². The first-order valence-corrected chi connectivity index (χ1v) is 4.56. The molecule has 0 spiro atoms. The first-order chi connectivity index (χ1) is 5.61. The Bertz CT molecular complexity index is 280. The van der Waals surface area contributed by atoms with Gasteiger partial charge in [-0.25, -0.2) is 4.79 Å². The molecular formula is C8H11NO2S. The number of nitrogens with one attached hydrogen (secondary N) is 1. The summed E-state index contributed by atoms with van der Waals surface area (Å²) in [4.78, 5) is 11.0. The van der Waals surface area contributed by atoms with E-state index in [0.29, 0.717) is 10.6 Å². The van der Waals surface area contributed by atoms with E-state index in [4.69, 9.17) is 5.11 Å². The van der Waals surface area contributed by atoms with Crippen molar-refractivity contribution in [2.75, 3.05) is 5.32 Å². The van der Waals surface area contributed by atoms with Crippen LogP contribution in [0.15, 0.2) is 11.4 Å². The summed E-state index contributed by atoms with van der Waals surface area (Å²) in [7, 11) is 0.